The van der Waals surface area contributed by atoms with E-state index in [1.165, 1.54) is 18.4 Å². The van der Waals surface area contributed by atoms with E-state index in [2.05, 4.69) is 20.6 Å². The summed E-state index contributed by atoms with van der Waals surface area (Å²) < 4.78 is 5.08. The van der Waals surface area contributed by atoms with E-state index < -0.39 is 0 Å². The van der Waals surface area contributed by atoms with Gasteiger partial charge in [0.15, 0.2) is 5.13 Å². The number of nitrogens with zero attached hydrogens (tertiary/aromatic N) is 2. The van der Waals surface area contributed by atoms with Crippen molar-refractivity contribution >= 4 is 22.4 Å². The third-order valence-corrected chi connectivity index (χ3v) is 3.68. The first kappa shape index (κ1) is 15.4. The lowest BCUT2D eigenvalue weighted by atomic mass is 10.2. The fraction of sp³-hybridized carbons (Fsp3) is 0.357. The molecule has 1 atom stereocenters. The van der Waals surface area contributed by atoms with Crippen LogP contribution in [0.25, 0.3) is 0 Å². The van der Waals surface area contributed by atoms with Crippen LogP contribution >= 0.6 is 11.3 Å². The number of carbonyl (C=O) groups is 1. The Balaban J connectivity index is 2.09. The highest BCUT2D eigenvalue weighted by Gasteiger charge is 2.15. The highest BCUT2D eigenvalue weighted by atomic mass is 32.1. The normalized spacial score (nSPS) is 12.0. The molecule has 6 nitrogen and oxygen atoms in total. The number of nitrogens with one attached hydrogen (secondary N) is 2. The molecule has 0 aliphatic heterocycles. The molecule has 1 amide bonds. The van der Waals surface area contributed by atoms with Gasteiger partial charge in [-0.3, -0.25) is 10.1 Å². The zero-order valence-corrected chi connectivity index (χ0v) is 13.0. The molecule has 7 heteroatoms. The average molecular weight is 306 g/mol. The summed E-state index contributed by atoms with van der Waals surface area (Å²) in [5.74, 6) is 0.0183. The molecule has 0 bridgehead atoms. The Morgan fingerprint density at radius 2 is 2.33 bits per heavy atom. The molecule has 0 aromatic carbocycles. The predicted molar refractivity (Wildman–Crippen MR) is 82.9 cm³/mol. The monoisotopic (exact) mass is 306 g/mol. The van der Waals surface area contributed by atoms with Gasteiger partial charge in [0.1, 0.15) is 5.56 Å². The summed E-state index contributed by atoms with van der Waals surface area (Å²) in [4.78, 5) is 20.6. The Bertz CT molecular complexity index is 615. The largest absolute Gasteiger partial charge is 0.480 e. The molecule has 0 aliphatic carbocycles. The molecule has 2 aromatic rings. The van der Waals surface area contributed by atoms with Gasteiger partial charge in [0.2, 0.25) is 5.88 Å². The van der Waals surface area contributed by atoms with Gasteiger partial charge in [-0.15, -0.1) is 11.3 Å². The Hall–Kier alpha value is -1.99. The van der Waals surface area contributed by atoms with Gasteiger partial charge >= 0.3 is 0 Å². The summed E-state index contributed by atoms with van der Waals surface area (Å²) in [6, 6.07) is 3.51. The zero-order chi connectivity index (χ0) is 15.2. The van der Waals surface area contributed by atoms with Crippen LogP contribution in [0.2, 0.25) is 0 Å². The number of anilines is 1. The second-order valence-electron chi connectivity index (χ2n) is 4.37. The van der Waals surface area contributed by atoms with E-state index in [1.54, 1.807) is 18.3 Å². The number of amides is 1. The van der Waals surface area contributed by atoms with E-state index in [0.29, 0.717) is 16.6 Å². The van der Waals surface area contributed by atoms with Crippen LogP contribution in [-0.4, -0.2) is 29.5 Å². The average Bonchev–Trinajstić information content (AvgIpc) is 2.96. The first-order valence-corrected chi connectivity index (χ1v) is 7.52. The minimum absolute atomic E-state index is 0.157. The molecule has 0 aliphatic rings. The molecule has 2 N–H and O–H groups in total. The number of ether oxygens (including phenoxy) is 1. The number of hydrogen-bond acceptors (Lipinski definition) is 6. The minimum atomic E-state index is -0.281. The van der Waals surface area contributed by atoms with Gasteiger partial charge in [-0.05, 0) is 25.6 Å². The van der Waals surface area contributed by atoms with Crippen molar-refractivity contribution in [3.63, 3.8) is 0 Å². The van der Waals surface area contributed by atoms with Crippen LogP contribution in [0.3, 0.4) is 0 Å². The number of rotatable bonds is 6. The lowest BCUT2D eigenvalue weighted by Crippen LogP contribution is -2.18. The van der Waals surface area contributed by atoms with Gasteiger partial charge in [-0.1, -0.05) is 6.92 Å². The molecule has 2 aromatic heterocycles. The second kappa shape index (κ2) is 7.14. The summed E-state index contributed by atoms with van der Waals surface area (Å²) >= 11 is 1.40. The van der Waals surface area contributed by atoms with Crippen molar-refractivity contribution in [3.05, 3.63) is 35.0 Å². The summed E-state index contributed by atoms with van der Waals surface area (Å²) in [7, 11) is 1.48. The van der Waals surface area contributed by atoms with E-state index in [-0.39, 0.29) is 11.9 Å². The van der Waals surface area contributed by atoms with Crippen LogP contribution < -0.4 is 15.4 Å². The summed E-state index contributed by atoms with van der Waals surface area (Å²) in [5, 5.41) is 8.55. The Morgan fingerprint density at radius 1 is 1.52 bits per heavy atom. The third kappa shape index (κ3) is 3.77. The molecule has 0 spiro atoms. The van der Waals surface area contributed by atoms with Gasteiger partial charge in [0, 0.05) is 17.6 Å². The van der Waals surface area contributed by atoms with E-state index >= 15 is 0 Å². The third-order valence-electron chi connectivity index (χ3n) is 2.91. The Morgan fingerprint density at radius 3 is 3.05 bits per heavy atom. The molecule has 2 heterocycles. The molecule has 2 rings (SSSR count). The van der Waals surface area contributed by atoms with Gasteiger partial charge < -0.3 is 10.1 Å². The van der Waals surface area contributed by atoms with E-state index in [9.17, 15) is 4.79 Å². The van der Waals surface area contributed by atoms with Crippen molar-refractivity contribution in [1.29, 1.82) is 0 Å². The second-order valence-corrected chi connectivity index (χ2v) is 5.23. The zero-order valence-electron chi connectivity index (χ0n) is 12.2. The van der Waals surface area contributed by atoms with Crippen molar-refractivity contribution in [2.75, 3.05) is 19.0 Å². The van der Waals surface area contributed by atoms with E-state index in [1.807, 2.05) is 19.2 Å². The van der Waals surface area contributed by atoms with Crippen LogP contribution in [0.4, 0.5) is 5.13 Å². The standard InChI is InChI=1S/C14H18N4O2S/c1-4-15-9(2)11-8-21-14(17-11)18-12(19)10-6-5-7-16-13(10)20-3/h5-9,15H,4H2,1-3H3,(H,17,18,19). The summed E-state index contributed by atoms with van der Waals surface area (Å²) in [6.07, 6.45) is 1.58. The molecule has 0 fully saturated rings. The van der Waals surface area contributed by atoms with Crippen LogP contribution in [-0.2, 0) is 0 Å². The number of methoxy groups -OCH3 is 1. The molecule has 21 heavy (non-hydrogen) atoms. The van der Waals surface area contributed by atoms with Crippen LogP contribution in [0.15, 0.2) is 23.7 Å². The smallest absolute Gasteiger partial charge is 0.262 e. The Labute approximate surface area is 127 Å². The maximum absolute atomic E-state index is 12.2. The fourth-order valence-electron chi connectivity index (χ4n) is 1.84. The topological polar surface area (TPSA) is 76.1 Å². The number of hydrogen-bond donors (Lipinski definition) is 2. The highest BCUT2D eigenvalue weighted by Crippen LogP contribution is 2.22. The van der Waals surface area contributed by atoms with Crippen molar-refractivity contribution < 1.29 is 9.53 Å². The molecule has 1 unspecified atom stereocenters. The van der Waals surface area contributed by atoms with Crippen molar-refractivity contribution in [2.24, 2.45) is 0 Å². The van der Waals surface area contributed by atoms with Gasteiger partial charge in [0.05, 0.1) is 12.8 Å². The number of pyridine rings is 1. The van der Waals surface area contributed by atoms with E-state index in [4.69, 9.17) is 4.74 Å². The van der Waals surface area contributed by atoms with Gasteiger partial charge in [-0.2, -0.15) is 0 Å². The molecule has 0 radical (unpaired) electrons. The fourth-order valence-corrected chi connectivity index (χ4v) is 2.64. The number of aromatic nitrogens is 2. The van der Waals surface area contributed by atoms with Gasteiger partial charge in [0.25, 0.3) is 5.91 Å². The first-order valence-electron chi connectivity index (χ1n) is 6.64. The summed E-state index contributed by atoms with van der Waals surface area (Å²) in [6.45, 7) is 4.95. The maximum atomic E-state index is 12.2. The molecular formula is C14H18N4O2S. The lowest BCUT2D eigenvalue weighted by molar-refractivity contribution is 0.102. The lowest BCUT2D eigenvalue weighted by Gasteiger charge is -2.08. The van der Waals surface area contributed by atoms with Crippen molar-refractivity contribution in [1.82, 2.24) is 15.3 Å². The van der Waals surface area contributed by atoms with Crippen LogP contribution in [0, 0.1) is 0 Å². The van der Waals surface area contributed by atoms with Crippen LogP contribution in [0.5, 0.6) is 5.88 Å². The predicted octanol–water partition coefficient (Wildman–Crippen LogP) is 2.47. The van der Waals surface area contributed by atoms with E-state index in [0.717, 1.165) is 12.2 Å². The molecular weight excluding hydrogens is 288 g/mol. The summed E-state index contributed by atoms with van der Waals surface area (Å²) in [5.41, 5.74) is 1.30. The maximum Gasteiger partial charge on any atom is 0.262 e. The van der Waals surface area contributed by atoms with Crippen molar-refractivity contribution in [3.8, 4) is 5.88 Å². The quantitative estimate of drug-likeness (QED) is 0.857. The number of thiazole rings is 1. The molecule has 0 saturated carbocycles. The first-order chi connectivity index (χ1) is 10.2. The number of carbonyl (C=O) groups excluding carboxylic acids is 1. The molecule has 0 saturated heterocycles. The van der Waals surface area contributed by atoms with Gasteiger partial charge in [-0.25, -0.2) is 9.97 Å². The Kier molecular flexibility index (Phi) is 5.24. The highest BCUT2D eigenvalue weighted by molar-refractivity contribution is 7.14. The SMILES string of the molecule is CCNC(C)c1csc(NC(=O)c2cccnc2OC)n1. The minimum Gasteiger partial charge on any atom is -0.480 e. The van der Waals surface area contributed by atoms with Crippen molar-refractivity contribution in [2.45, 2.75) is 19.9 Å². The molecule has 112 valence electrons. The van der Waals surface area contributed by atoms with Crippen LogP contribution in [0.1, 0.15) is 35.9 Å².